The van der Waals surface area contributed by atoms with Crippen LogP contribution in [-0.2, 0) is 6.54 Å². The number of likely N-dealkylation sites (tertiary alicyclic amines) is 1. The lowest BCUT2D eigenvalue weighted by Crippen LogP contribution is -2.56. The van der Waals surface area contributed by atoms with E-state index in [0.717, 1.165) is 12.2 Å². The first-order valence-corrected chi connectivity index (χ1v) is 7.25. The van der Waals surface area contributed by atoms with Gasteiger partial charge in [-0.3, -0.25) is 4.90 Å². The van der Waals surface area contributed by atoms with Crippen LogP contribution in [0.15, 0.2) is 18.2 Å². The Bertz CT molecular complexity index is 425. The molecular formula is C16H24N2. The maximum absolute atomic E-state index is 5.97. The largest absolute Gasteiger partial charge is 0.399 e. The van der Waals surface area contributed by atoms with Gasteiger partial charge in [0, 0.05) is 25.3 Å². The number of anilines is 1. The van der Waals surface area contributed by atoms with E-state index in [9.17, 15) is 0 Å². The average molecular weight is 244 g/mol. The Morgan fingerprint density at radius 1 is 1.17 bits per heavy atom. The molecule has 0 radical (unpaired) electrons. The van der Waals surface area contributed by atoms with Crippen LogP contribution >= 0.6 is 0 Å². The van der Waals surface area contributed by atoms with Crippen LogP contribution in [0.1, 0.15) is 43.2 Å². The lowest BCUT2D eigenvalue weighted by molar-refractivity contribution is -0.0333. The summed E-state index contributed by atoms with van der Waals surface area (Å²) in [7, 11) is 0. The molecule has 1 spiro atoms. The van der Waals surface area contributed by atoms with Gasteiger partial charge < -0.3 is 5.73 Å². The van der Waals surface area contributed by atoms with Crippen molar-refractivity contribution in [1.29, 1.82) is 0 Å². The number of hydrogen-bond donors (Lipinski definition) is 1. The van der Waals surface area contributed by atoms with E-state index in [-0.39, 0.29) is 0 Å². The van der Waals surface area contributed by atoms with Crippen molar-refractivity contribution in [2.45, 2.75) is 45.6 Å². The Morgan fingerprint density at radius 2 is 1.89 bits per heavy atom. The van der Waals surface area contributed by atoms with Crippen molar-refractivity contribution >= 4 is 5.69 Å². The molecule has 2 aliphatic rings. The molecule has 0 unspecified atom stereocenters. The Kier molecular flexibility index (Phi) is 3.06. The normalized spacial score (nSPS) is 22.9. The van der Waals surface area contributed by atoms with Crippen molar-refractivity contribution < 1.29 is 0 Å². The van der Waals surface area contributed by atoms with Crippen LogP contribution in [0.5, 0.6) is 0 Å². The Hall–Kier alpha value is -1.02. The summed E-state index contributed by atoms with van der Waals surface area (Å²) in [5, 5.41) is 0. The number of nitrogens with two attached hydrogens (primary N) is 1. The molecule has 1 aliphatic heterocycles. The maximum atomic E-state index is 5.97. The highest BCUT2D eigenvalue weighted by Crippen LogP contribution is 2.44. The number of rotatable bonds is 2. The van der Waals surface area contributed by atoms with E-state index in [4.69, 9.17) is 5.73 Å². The van der Waals surface area contributed by atoms with Crippen molar-refractivity contribution in [2.75, 3.05) is 18.8 Å². The van der Waals surface area contributed by atoms with Crippen LogP contribution in [0.4, 0.5) is 5.69 Å². The Labute approximate surface area is 110 Å². The van der Waals surface area contributed by atoms with Gasteiger partial charge in [0.1, 0.15) is 0 Å². The zero-order valence-electron chi connectivity index (χ0n) is 11.4. The second-order valence-electron chi connectivity index (χ2n) is 6.34. The highest BCUT2D eigenvalue weighted by molar-refractivity contribution is 5.49. The fourth-order valence-corrected chi connectivity index (χ4v) is 3.75. The van der Waals surface area contributed by atoms with Crippen LogP contribution in [-0.4, -0.2) is 18.0 Å². The predicted octanol–water partition coefficient (Wildman–Crippen LogP) is 3.34. The van der Waals surface area contributed by atoms with Crippen LogP contribution in [0.25, 0.3) is 0 Å². The molecule has 2 N–H and O–H groups in total. The lowest BCUT2D eigenvalue weighted by Gasteiger charge is -2.52. The lowest BCUT2D eigenvalue weighted by atomic mass is 9.68. The molecule has 1 saturated carbocycles. The molecule has 1 heterocycles. The molecule has 3 rings (SSSR count). The zero-order chi connectivity index (χ0) is 12.6. The summed E-state index contributed by atoms with van der Waals surface area (Å²) in [6.45, 7) is 5.84. The molecule has 0 atom stereocenters. The molecule has 2 fully saturated rings. The van der Waals surface area contributed by atoms with Gasteiger partial charge in [-0.2, -0.15) is 0 Å². The van der Waals surface area contributed by atoms with Crippen molar-refractivity contribution in [3.8, 4) is 0 Å². The quantitative estimate of drug-likeness (QED) is 0.808. The van der Waals surface area contributed by atoms with Gasteiger partial charge in [-0.15, -0.1) is 0 Å². The topological polar surface area (TPSA) is 29.3 Å². The van der Waals surface area contributed by atoms with Crippen LogP contribution in [0.2, 0.25) is 0 Å². The number of hydrogen-bond acceptors (Lipinski definition) is 2. The summed E-state index contributed by atoms with van der Waals surface area (Å²) in [5.41, 5.74) is 10.3. The molecule has 1 saturated heterocycles. The third-order valence-corrected chi connectivity index (χ3v) is 4.91. The summed E-state index contributed by atoms with van der Waals surface area (Å²) < 4.78 is 0. The van der Waals surface area contributed by atoms with Crippen LogP contribution < -0.4 is 5.73 Å². The summed E-state index contributed by atoms with van der Waals surface area (Å²) in [6.07, 6.45) is 7.27. The van der Waals surface area contributed by atoms with Gasteiger partial charge in [0.2, 0.25) is 0 Å². The van der Waals surface area contributed by atoms with Gasteiger partial charge in [0.05, 0.1) is 0 Å². The average Bonchev–Trinajstić information content (AvgIpc) is 2.34. The highest BCUT2D eigenvalue weighted by Gasteiger charge is 2.42. The number of benzene rings is 1. The third-order valence-electron chi connectivity index (χ3n) is 4.91. The minimum absolute atomic E-state index is 0.687. The predicted molar refractivity (Wildman–Crippen MR) is 76.4 cm³/mol. The first-order chi connectivity index (χ1) is 8.69. The Morgan fingerprint density at radius 3 is 2.61 bits per heavy atom. The third kappa shape index (κ3) is 2.14. The molecule has 1 aromatic rings. The van der Waals surface area contributed by atoms with Gasteiger partial charge in [-0.05, 0) is 42.4 Å². The standard InChI is InChI=1S/C16H24N2/c1-13-14(6-5-7-15(13)17)10-18-11-16(12-18)8-3-2-4-9-16/h5-7H,2-4,8-12,17H2,1H3. The SMILES string of the molecule is Cc1c(N)cccc1CN1CC2(CCCCC2)C1. The highest BCUT2D eigenvalue weighted by atomic mass is 15.2. The smallest absolute Gasteiger partial charge is 0.0346 e. The maximum Gasteiger partial charge on any atom is 0.0346 e. The molecular weight excluding hydrogens is 220 g/mol. The molecule has 1 aromatic carbocycles. The van der Waals surface area contributed by atoms with Crippen LogP contribution in [0, 0.1) is 12.3 Å². The number of nitrogens with zero attached hydrogens (tertiary/aromatic N) is 1. The van der Waals surface area contributed by atoms with E-state index in [1.54, 1.807) is 0 Å². The van der Waals surface area contributed by atoms with Gasteiger partial charge >= 0.3 is 0 Å². The minimum atomic E-state index is 0.687. The molecule has 18 heavy (non-hydrogen) atoms. The molecule has 1 aliphatic carbocycles. The molecule has 98 valence electrons. The molecule has 2 heteroatoms. The Balaban J connectivity index is 1.61. The zero-order valence-corrected chi connectivity index (χ0v) is 11.4. The van der Waals surface area contributed by atoms with Gasteiger partial charge in [0.15, 0.2) is 0 Å². The van der Waals surface area contributed by atoms with Gasteiger partial charge in [-0.25, -0.2) is 0 Å². The monoisotopic (exact) mass is 244 g/mol. The van der Waals surface area contributed by atoms with Crippen molar-refractivity contribution in [1.82, 2.24) is 4.90 Å². The molecule has 0 amide bonds. The molecule has 0 bridgehead atoms. The summed E-state index contributed by atoms with van der Waals surface area (Å²) in [4.78, 5) is 2.59. The fraction of sp³-hybridized carbons (Fsp3) is 0.625. The first kappa shape index (κ1) is 12.0. The van der Waals surface area contributed by atoms with Gasteiger partial charge in [0.25, 0.3) is 0 Å². The van der Waals surface area contributed by atoms with E-state index >= 15 is 0 Å². The van der Waals surface area contributed by atoms with E-state index in [2.05, 4.69) is 24.0 Å². The van der Waals surface area contributed by atoms with E-state index in [0.29, 0.717) is 5.41 Å². The summed E-state index contributed by atoms with van der Waals surface area (Å²) in [5.74, 6) is 0. The van der Waals surface area contributed by atoms with Crippen LogP contribution in [0.3, 0.4) is 0 Å². The summed E-state index contributed by atoms with van der Waals surface area (Å²) >= 11 is 0. The van der Waals surface area contributed by atoms with E-state index < -0.39 is 0 Å². The minimum Gasteiger partial charge on any atom is -0.399 e. The van der Waals surface area contributed by atoms with Gasteiger partial charge in [-0.1, -0.05) is 31.4 Å². The summed E-state index contributed by atoms with van der Waals surface area (Å²) in [6, 6.07) is 6.29. The first-order valence-electron chi connectivity index (χ1n) is 7.25. The second kappa shape index (κ2) is 4.58. The van der Waals surface area contributed by atoms with Crippen molar-refractivity contribution in [2.24, 2.45) is 5.41 Å². The molecule has 2 nitrogen and oxygen atoms in total. The van der Waals surface area contributed by atoms with E-state index in [1.807, 2.05) is 6.07 Å². The molecule has 0 aromatic heterocycles. The number of nitrogen functional groups attached to an aromatic ring is 1. The second-order valence-corrected chi connectivity index (χ2v) is 6.34. The fourth-order valence-electron chi connectivity index (χ4n) is 3.75. The van der Waals surface area contributed by atoms with Crippen molar-refractivity contribution in [3.05, 3.63) is 29.3 Å². The van der Waals surface area contributed by atoms with E-state index in [1.165, 1.54) is 56.3 Å². The van der Waals surface area contributed by atoms with Crippen molar-refractivity contribution in [3.63, 3.8) is 0 Å².